The van der Waals surface area contributed by atoms with E-state index >= 15 is 0 Å². The number of amides is 3. The topological polar surface area (TPSA) is 113 Å². The minimum atomic E-state index is -3.86. The van der Waals surface area contributed by atoms with Crippen LogP contribution in [0.2, 0.25) is 0 Å². The van der Waals surface area contributed by atoms with Gasteiger partial charge in [0.2, 0.25) is 10.0 Å². The van der Waals surface area contributed by atoms with Crippen LogP contribution in [-0.4, -0.2) is 68.6 Å². The van der Waals surface area contributed by atoms with Gasteiger partial charge in [-0.1, -0.05) is 6.07 Å². The van der Waals surface area contributed by atoms with Crippen molar-refractivity contribution in [3.8, 4) is 5.75 Å². The highest BCUT2D eigenvalue weighted by atomic mass is 32.2. The molecule has 2 aromatic carbocycles. The van der Waals surface area contributed by atoms with Crippen LogP contribution in [0.25, 0.3) is 0 Å². The Kier molecular flexibility index (Phi) is 5.04. The lowest BCUT2D eigenvalue weighted by molar-refractivity contribution is 0.0697. The number of nitrogens with one attached hydrogen (secondary N) is 1. The van der Waals surface area contributed by atoms with Gasteiger partial charge in [-0.25, -0.2) is 8.42 Å². The molecule has 1 saturated heterocycles. The number of carbonyl (C=O) groups is 3. The first kappa shape index (κ1) is 20.0. The van der Waals surface area contributed by atoms with Gasteiger partial charge in [0.1, 0.15) is 5.75 Å². The predicted molar refractivity (Wildman–Crippen MR) is 106 cm³/mol. The molecule has 1 fully saturated rings. The summed E-state index contributed by atoms with van der Waals surface area (Å²) in [5, 5.41) is 2.14. The summed E-state index contributed by atoms with van der Waals surface area (Å²) in [6, 6.07) is 10.7. The summed E-state index contributed by atoms with van der Waals surface area (Å²) in [6.45, 7) is 0.721. The third-order valence-electron chi connectivity index (χ3n) is 5.19. The van der Waals surface area contributed by atoms with E-state index in [0.717, 1.165) is 0 Å². The molecule has 0 radical (unpaired) electrons. The van der Waals surface area contributed by atoms with Crippen molar-refractivity contribution >= 4 is 27.7 Å². The lowest BCUT2D eigenvalue weighted by atomic mass is 10.1. The van der Waals surface area contributed by atoms with Crippen LogP contribution in [0.3, 0.4) is 0 Å². The summed E-state index contributed by atoms with van der Waals surface area (Å²) >= 11 is 0. The van der Waals surface area contributed by atoms with Crippen LogP contribution >= 0.6 is 0 Å². The molecule has 1 N–H and O–H groups in total. The summed E-state index contributed by atoms with van der Waals surface area (Å²) in [4.78, 5) is 37.7. The highest BCUT2D eigenvalue weighted by Crippen LogP contribution is 2.24. The molecule has 2 aliphatic rings. The zero-order valence-electron chi connectivity index (χ0n) is 16.1. The number of sulfonamides is 1. The number of hydrogen-bond acceptors (Lipinski definition) is 6. The molecule has 0 saturated carbocycles. The molecule has 2 heterocycles. The van der Waals surface area contributed by atoms with Crippen molar-refractivity contribution in [2.24, 2.45) is 0 Å². The molecule has 0 bridgehead atoms. The fourth-order valence-electron chi connectivity index (χ4n) is 3.53. The Hall–Kier alpha value is -3.24. The third-order valence-corrected chi connectivity index (χ3v) is 7.08. The average Bonchev–Trinajstić information content (AvgIpc) is 3.06. The van der Waals surface area contributed by atoms with E-state index in [1.54, 1.807) is 29.2 Å². The standard InChI is InChI=1S/C20H19N3O6S/c1-29-14-4-2-3-13(11-14)20(26)22-7-9-23(10-8-22)30(27,28)15-5-6-16-17(12-15)19(25)21-18(16)24/h2-6,11-12H,7-10H2,1H3,(H,21,24,25). The number of methoxy groups -OCH3 is 1. The molecular weight excluding hydrogens is 410 g/mol. The van der Waals surface area contributed by atoms with Gasteiger partial charge in [-0.15, -0.1) is 0 Å². The van der Waals surface area contributed by atoms with Crippen molar-refractivity contribution in [2.45, 2.75) is 4.90 Å². The Morgan fingerprint density at radius 3 is 2.37 bits per heavy atom. The number of nitrogens with zero attached hydrogens (tertiary/aromatic N) is 2. The molecule has 3 amide bonds. The second kappa shape index (κ2) is 7.54. The Balaban J connectivity index is 1.48. The molecule has 0 aliphatic carbocycles. The third kappa shape index (κ3) is 3.44. The van der Waals surface area contributed by atoms with Crippen LogP contribution < -0.4 is 10.1 Å². The maximum Gasteiger partial charge on any atom is 0.258 e. The maximum atomic E-state index is 13.0. The molecule has 2 aromatic rings. The predicted octanol–water partition coefficient (Wildman–Crippen LogP) is 0.726. The van der Waals surface area contributed by atoms with E-state index in [1.807, 2.05) is 0 Å². The second-order valence-corrected chi connectivity index (χ2v) is 8.86. The van der Waals surface area contributed by atoms with Crippen LogP contribution in [0.4, 0.5) is 0 Å². The Bertz CT molecular complexity index is 1150. The van der Waals surface area contributed by atoms with Gasteiger partial charge in [0.05, 0.1) is 23.1 Å². The number of imide groups is 1. The summed E-state index contributed by atoms with van der Waals surface area (Å²) in [7, 11) is -2.35. The van der Waals surface area contributed by atoms with Crippen molar-refractivity contribution in [1.29, 1.82) is 0 Å². The fourth-order valence-corrected chi connectivity index (χ4v) is 4.98. The summed E-state index contributed by atoms with van der Waals surface area (Å²) < 4.78 is 32.4. The number of benzene rings is 2. The van der Waals surface area contributed by atoms with E-state index in [0.29, 0.717) is 11.3 Å². The SMILES string of the molecule is COc1cccc(C(=O)N2CCN(S(=O)(=O)c3ccc4c(c3)C(=O)NC4=O)CC2)c1. The molecule has 0 spiro atoms. The lowest BCUT2D eigenvalue weighted by Gasteiger charge is -2.34. The van der Waals surface area contributed by atoms with Crippen LogP contribution in [0.5, 0.6) is 5.75 Å². The highest BCUT2D eigenvalue weighted by molar-refractivity contribution is 7.89. The monoisotopic (exact) mass is 429 g/mol. The van der Waals surface area contributed by atoms with Crippen molar-refractivity contribution in [1.82, 2.24) is 14.5 Å². The summed E-state index contributed by atoms with van der Waals surface area (Å²) in [6.07, 6.45) is 0. The number of piperazine rings is 1. The lowest BCUT2D eigenvalue weighted by Crippen LogP contribution is -2.50. The van der Waals surface area contributed by atoms with Crippen molar-refractivity contribution in [2.75, 3.05) is 33.3 Å². The minimum Gasteiger partial charge on any atom is -0.497 e. The number of ether oxygens (including phenoxy) is 1. The van der Waals surface area contributed by atoms with Gasteiger partial charge in [0, 0.05) is 31.7 Å². The largest absolute Gasteiger partial charge is 0.497 e. The molecule has 4 rings (SSSR count). The van der Waals surface area contributed by atoms with Gasteiger partial charge in [0.15, 0.2) is 0 Å². The first-order chi connectivity index (χ1) is 14.3. The Morgan fingerprint density at radius 2 is 1.67 bits per heavy atom. The average molecular weight is 429 g/mol. The van der Waals surface area contributed by atoms with Crippen LogP contribution in [-0.2, 0) is 10.0 Å². The number of carbonyl (C=O) groups excluding carboxylic acids is 3. The van der Waals surface area contributed by atoms with Crippen molar-refractivity contribution in [3.63, 3.8) is 0 Å². The van der Waals surface area contributed by atoms with Crippen LogP contribution in [0, 0.1) is 0 Å². The molecule has 9 nitrogen and oxygen atoms in total. The first-order valence-corrected chi connectivity index (χ1v) is 10.7. The van der Waals surface area contributed by atoms with Gasteiger partial charge in [-0.2, -0.15) is 4.31 Å². The normalized spacial score (nSPS) is 16.9. The molecular formula is C20H19N3O6S. The zero-order chi connectivity index (χ0) is 21.5. The van der Waals surface area contributed by atoms with E-state index in [1.165, 1.54) is 29.6 Å². The second-order valence-electron chi connectivity index (χ2n) is 6.92. The van der Waals surface area contributed by atoms with Crippen LogP contribution in [0.15, 0.2) is 47.4 Å². The zero-order valence-corrected chi connectivity index (χ0v) is 16.9. The number of hydrogen-bond donors (Lipinski definition) is 1. The number of rotatable bonds is 4. The van der Waals surface area contributed by atoms with E-state index < -0.39 is 21.8 Å². The summed E-state index contributed by atoms with van der Waals surface area (Å²) in [5.41, 5.74) is 0.681. The number of fused-ring (bicyclic) bond motifs is 1. The summed E-state index contributed by atoms with van der Waals surface area (Å²) in [5.74, 6) is -0.774. The highest BCUT2D eigenvalue weighted by Gasteiger charge is 2.33. The van der Waals surface area contributed by atoms with E-state index in [2.05, 4.69) is 5.32 Å². The molecule has 0 aromatic heterocycles. The molecule has 2 aliphatic heterocycles. The molecule has 30 heavy (non-hydrogen) atoms. The van der Waals surface area contributed by atoms with Crippen molar-refractivity contribution in [3.05, 3.63) is 59.2 Å². The first-order valence-electron chi connectivity index (χ1n) is 9.24. The Labute approximate surface area is 173 Å². The van der Waals surface area contributed by atoms with E-state index in [9.17, 15) is 22.8 Å². The Morgan fingerprint density at radius 1 is 0.967 bits per heavy atom. The van der Waals surface area contributed by atoms with Gasteiger partial charge in [0.25, 0.3) is 17.7 Å². The fraction of sp³-hybridized carbons (Fsp3) is 0.250. The van der Waals surface area contributed by atoms with Gasteiger partial charge in [-0.3, -0.25) is 19.7 Å². The van der Waals surface area contributed by atoms with Gasteiger partial charge < -0.3 is 9.64 Å². The quantitative estimate of drug-likeness (QED) is 0.717. The van der Waals surface area contributed by atoms with Gasteiger partial charge >= 0.3 is 0 Å². The minimum absolute atomic E-state index is 0.0490. The van der Waals surface area contributed by atoms with Crippen molar-refractivity contribution < 1.29 is 27.5 Å². The smallest absolute Gasteiger partial charge is 0.258 e. The molecule has 156 valence electrons. The molecule has 10 heteroatoms. The van der Waals surface area contributed by atoms with E-state index in [4.69, 9.17) is 4.74 Å². The van der Waals surface area contributed by atoms with Gasteiger partial charge in [-0.05, 0) is 36.4 Å². The van der Waals surface area contributed by atoms with Crippen LogP contribution in [0.1, 0.15) is 31.1 Å². The van der Waals surface area contributed by atoms with E-state index in [-0.39, 0.29) is 48.1 Å². The molecule has 0 unspecified atom stereocenters. The maximum absolute atomic E-state index is 13.0. The molecule has 0 atom stereocenters.